The molecule has 0 atom stereocenters. The number of hydrogen-bond acceptors (Lipinski definition) is 2. The lowest BCUT2D eigenvalue weighted by Crippen LogP contribution is -2.33. The molecule has 1 rings (SSSR count). The summed E-state index contributed by atoms with van der Waals surface area (Å²) in [7, 11) is 0. The molecule has 0 spiro atoms. The number of nitrogens with zero attached hydrogens (tertiary/aromatic N) is 1. The molecule has 1 amide bonds. The Balaban J connectivity index is 2.37. The molecular weight excluding hydrogens is 269 g/mol. The molecule has 4 heteroatoms. The Bertz CT molecular complexity index is 170. The van der Waals surface area contributed by atoms with Crippen LogP contribution in [0.4, 0.5) is 4.79 Å². The average Bonchev–Trinajstić information content (AvgIpc) is 2.32. The van der Waals surface area contributed by atoms with Gasteiger partial charge in [0.2, 0.25) is 0 Å². The van der Waals surface area contributed by atoms with Crippen molar-refractivity contribution in [3.63, 3.8) is 0 Å². The van der Waals surface area contributed by atoms with Crippen molar-refractivity contribution in [2.24, 2.45) is 0 Å². The number of hydrogen-bond donors (Lipinski definition) is 0. The highest BCUT2D eigenvalue weighted by Crippen LogP contribution is 2.20. The van der Waals surface area contributed by atoms with Gasteiger partial charge in [0, 0.05) is 13.1 Å². The summed E-state index contributed by atoms with van der Waals surface area (Å²) >= 11 is 2.11. The summed E-state index contributed by atoms with van der Waals surface area (Å²) in [6.07, 6.45) is 2.04. The molecule has 0 aliphatic carbocycles. The van der Waals surface area contributed by atoms with Crippen molar-refractivity contribution in [2.45, 2.75) is 30.3 Å². The monoisotopic (exact) mass is 283 g/mol. The van der Waals surface area contributed by atoms with Crippen LogP contribution in [-0.4, -0.2) is 27.7 Å². The van der Waals surface area contributed by atoms with E-state index in [0.29, 0.717) is 0 Å². The highest BCUT2D eigenvalue weighted by atomic mass is 127. The fourth-order valence-corrected chi connectivity index (χ4v) is 1.36. The van der Waals surface area contributed by atoms with E-state index in [2.05, 4.69) is 22.6 Å². The van der Waals surface area contributed by atoms with Crippen LogP contribution in [0.2, 0.25) is 0 Å². The molecule has 0 bridgehead atoms. The number of amides is 1. The van der Waals surface area contributed by atoms with Gasteiger partial charge in [-0.25, -0.2) is 4.79 Å². The van der Waals surface area contributed by atoms with E-state index in [0.717, 1.165) is 25.9 Å². The summed E-state index contributed by atoms with van der Waals surface area (Å²) in [5, 5.41) is 0. The normalized spacial score (nSPS) is 18.1. The number of halogens is 1. The van der Waals surface area contributed by atoms with Crippen molar-refractivity contribution in [3.8, 4) is 0 Å². The number of carbonyl (C=O) groups is 1. The lowest BCUT2D eigenvalue weighted by molar-refractivity contribution is 0.0763. The number of likely N-dealkylation sites (tertiary alicyclic amines) is 1. The Kier molecular flexibility index (Phi) is 3.20. The highest BCUT2D eigenvalue weighted by Gasteiger charge is 2.24. The van der Waals surface area contributed by atoms with E-state index in [9.17, 15) is 4.79 Å². The Labute approximate surface area is 86.6 Å². The molecule has 1 aliphatic heterocycles. The van der Waals surface area contributed by atoms with E-state index in [1.54, 1.807) is 4.90 Å². The fraction of sp³-hybridized carbons (Fsp3) is 0.875. The molecule has 1 saturated heterocycles. The molecule has 12 heavy (non-hydrogen) atoms. The number of carbonyl (C=O) groups excluding carboxylic acids is 1. The second-order valence-electron chi connectivity index (χ2n) is 3.43. The van der Waals surface area contributed by atoms with Gasteiger partial charge >= 0.3 is 6.09 Å². The van der Waals surface area contributed by atoms with Gasteiger partial charge in [-0.15, -0.1) is 0 Å². The Morgan fingerprint density at radius 1 is 1.42 bits per heavy atom. The van der Waals surface area contributed by atoms with E-state index in [4.69, 9.17) is 4.74 Å². The molecule has 0 aromatic rings. The van der Waals surface area contributed by atoms with Crippen molar-refractivity contribution < 1.29 is 9.53 Å². The minimum atomic E-state index is -0.391. The van der Waals surface area contributed by atoms with E-state index in [1.165, 1.54) is 0 Å². The maximum Gasteiger partial charge on any atom is 0.411 e. The molecule has 0 aromatic heterocycles. The summed E-state index contributed by atoms with van der Waals surface area (Å²) < 4.78 is 4.80. The van der Waals surface area contributed by atoms with Crippen LogP contribution in [0.5, 0.6) is 0 Å². The molecule has 0 aromatic carbocycles. The van der Waals surface area contributed by atoms with Crippen LogP contribution >= 0.6 is 22.6 Å². The first-order chi connectivity index (χ1) is 5.49. The summed E-state index contributed by atoms with van der Waals surface area (Å²) in [6, 6.07) is 0. The third-order valence-electron chi connectivity index (χ3n) is 1.69. The number of rotatable bonds is 1. The van der Waals surface area contributed by atoms with Gasteiger partial charge in [0.15, 0.2) is 3.61 Å². The smallest absolute Gasteiger partial charge is 0.411 e. The minimum Gasteiger partial charge on any atom is -0.433 e. The quantitative estimate of drug-likeness (QED) is 0.546. The summed E-state index contributed by atoms with van der Waals surface area (Å²) in [5.41, 5.74) is 0. The average molecular weight is 283 g/mol. The lowest BCUT2D eigenvalue weighted by Gasteiger charge is -2.22. The first-order valence-corrected chi connectivity index (χ1v) is 5.24. The number of ether oxygens (including phenoxy) is 1. The summed E-state index contributed by atoms with van der Waals surface area (Å²) in [4.78, 5) is 13.1. The molecule has 0 N–H and O–H groups in total. The Morgan fingerprint density at radius 3 is 2.33 bits per heavy atom. The van der Waals surface area contributed by atoms with Crippen LogP contribution in [0.25, 0.3) is 0 Å². The third kappa shape index (κ3) is 3.16. The third-order valence-corrected chi connectivity index (χ3v) is 1.91. The van der Waals surface area contributed by atoms with Gasteiger partial charge in [0.25, 0.3) is 0 Å². The first-order valence-electron chi connectivity index (χ1n) is 4.16. The second-order valence-corrected chi connectivity index (χ2v) is 6.02. The summed E-state index contributed by atoms with van der Waals surface area (Å²) in [6.45, 7) is 5.46. The molecule has 0 saturated carbocycles. The number of alkyl halides is 1. The Hall–Kier alpha value is 0. The second kappa shape index (κ2) is 3.81. The predicted octanol–water partition coefficient (Wildman–Crippen LogP) is 2.39. The zero-order chi connectivity index (χ0) is 9.19. The molecule has 3 nitrogen and oxygen atoms in total. The molecule has 1 aliphatic rings. The topological polar surface area (TPSA) is 29.5 Å². The van der Waals surface area contributed by atoms with Gasteiger partial charge in [-0.1, -0.05) is 0 Å². The Morgan fingerprint density at radius 2 is 1.92 bits per heavy atom. The van der Waals surface area contributed by atoms with Gasteiger partial charge < -0.3 is 9.64 Å². The minimum absolute atomic E-state index is 0.174. The zero-order valence-corrected chi connectivity index (χ0v) is 9.63. The zero-order valence-electron chi connectivity index (χ0n) is 7.47. The highest BCUT2D eigenvalue weighted by molar-refractivity contribution is 14.1. The predicted molar refractivity (Wildman–Crippen MR) is 55.4 cm³/mol. The molecule has 1 heterocycles. The van der Waals surface area contributed by atoms with E-state index < -0.39 is 3.61 Å². The maximum atomic E-state index is 11.4. The van der Waals surface area contributed by atoms with Crippen molar-refractivity contribution in [2.75, 3.05) is 13.1 Å². The standard InChI is InChI=1S/C8H14INO2/c1-8(2,9)12-7(11)10-5-3-4-6-10/h3-6H2,1-2H3. The van der Waals surface area contributed by atoms with E-state index in [-0.39, 0.29) is 6.09 Å². The van der Waals surface area contributed by atoms with Gasteiger partial charge in [0.1, 0.15) is 0 Å². The molecular formula is C8H14INO2. The molecule has 70 valence electrons. The first kappa shape index (κ1) is 10.1. The van der Waals surface area contributed by atoms with Crippen LogP contribution in [-0.2, 0) is 4.74 Å². The van der Waals surface area contributed by atoms with Crippen LogP contribution < -0.4 is 0 Å². The lowest BCUT2D eigenvalue weighted by atomic mass is 10.4. The van der Waals surface area contributed by atoms with Crippen LogP contribution in [0.3, 0.4) is 0 Å². The van der Waals surface area contributed by atoms with Gasteiger partial charge in [-0.05, 0) is 49.3 Å². The van der Waals surface area contributed by atoms with E-state index in [1.807, 2.05) is 13.8 Å². The van der Waals surface area contributed by atoms with Crippen LogP contribution in [0.15, 0.2) is 0 Å². The van der Waals surface area contributed by atoms with Crippen LogP contribution in [0, 0.1) is 0 Å². The molecule has 0 radical (unpaired) electrons. The van der Waals surface area contributed by atoms with E-state index >= 15 is 0 Å². The van der Waals surface area contributed by atoms with Gasteiger partial charge in [0.05, 0.1) is 0 Å². The van der Waals surface area contributed by atoms with Crippen molar-refractivity contribution >= 4 is 28.7 Å². The van der Waals surface area contributed by atoms with Gasteiger partial charge in [-0.3, -0.25) is 0 Å². The van der Waals surface area contributed by atoms with Crippen molar-refractivity contribution in [3.05, 3.63) is 0 Å². The van der Waals surface area contributed by atoms with Crippen molar-refractivity contribution in [1.29, 1.82) is 0 Å². The van der Waals surface area contributed by atoms with Gasteiger partial charge in [-0.2, -0.15) is 0 Å². The maximum absolute atomic E-state index is 11.4. The summed E-state index contributed by atoms with van der Waals surface area (Å²) in [5.74, 6) is 0. The van der Waals surface area contributed by atoms with Crippen LogP contribution in [0.1, 0.15) is 26.7 Å². The fourth-order valence-electron chi connectivity index (χ4n) is 1.17. The largest absolute Gasteiger partial charge is 0.433 e. The molecule has 0 unspecified atom stereocenters. The van der Waals surface area contributed by atoms with Crippen molar-refractivity contribution in [1.82, 2.24) is 4.90 Å². The molecule has 1 fully saturated rings. The SMILES string of the molecule is CC(C)(I)OC(=O)N1CCCC1.